The SMILES string of the molecule is CN(C)CCCn1ccc(C(C)(C)C)cc1=O. The highest BCUT2D eigenvalue weighted by molar-refractivity contribution is 5.19. The fraction of sp³-hybridized carbons (Fsp3) is 0.643. The van der Waals surface area contributed by atoms with Gasteiger partial charge in [0.1, 0.15) is 0 Å². The predicted molar refractivity (Wildman–Crippen MR) is 72.6 cm³/mol. The molecular formula is C14H24N2O. The average Bonchev–Trinajstić information content (AvgIpc) is 2.18. The van der Waals surface area contributed by atoms with E-state index in [0.717, 1.165) is 25.1 Å². The maximum Gasteiger partial charge on any atom is 0.250 e. The van der Waals surface area contributed by atoms with Crippen LogP contribution in [0.1, 0.15) is 32.8 Å². The zero-order valence-electron chi connectivity index (χ0n) is 11.7. The molecule has 0 bridgehead atoms. The Bertz CT molecular complexity index is 413. The summed E-state index contributed by atoms with van der Waals surface area (Å²) in [6, 6.07) is 3.81. The Hall–Kier alpha value is -1.09. The summed E-state index contributed by atoms with van der Waals surface area (Å²) in [5.74, 6) is 0. The molecule has 0 unspecified atom stereocenters. The third kappa shape index (κ3) is 4.35. The van der Waals surface area contributed by atoms with Crippen LogP contribution in [-0.4, -0.2) is 30.1 Å². The molecule has 0 fully saturated rings. The summed E-state index contributed by atoms with van der Waals surface area (Å²) in [5, 5.41) is 0. The van der Waals surface area contributed by atoms with Gasteiger partial charge in [0, 0.05) is 18.8 Å². The van der Waals surface area contributed by atoms with Gasteiger partial charge >= 0.3 is 0 Å². The fourth-order valence-electron chi connectivity index (χ4n) is 1.72. The maximum absolute atomic E-state index is 11.9. The van der Waals surface area contributed by atoms with Crippen molar-refractivity contribution in [3.05, 3.63) is 34.2 Å². The Labute approximate surface area is 104 Å². The topological polar surface area (TPSA) is 25.2 Å². The predicted octanol–water partition coefficient (Wildman–Crippen LogP) is 2.10. The van der Waals surface area contributed by atoms with Crippen molar-refractivity contribution in [1.29, 1.82) is 0 Å². The average molecular weight is 236 g/mol. The van der Waals surface area contributed by atoms with Gasteiger partial charge in [-0.15, -0.1) is 0 Å². The van der Waals surface area contributed by atoms with E-state index in [2.05, 4.69) is 31.7 Å². The number of pyridine rings is 1. The molecule has 1 heterocycles. The first-order valence-corrected chi connectivity index (χ1v) is 6.16. The van der Waals surface area contributed by atoms with Gasteiger partial charge in [0.15, 0.2) is 0 Å². The fourth-order valence-corrected chi connectivity index (χ4v) is 1.72. The quantitative estimate of drug-likeness (QED) is 0.800. The van der Waals surface area contributed by atoms with E-state index < -0.39 is 0 Å². The smallest absolute Gasteiger partial charge is 0.250 e. The molecule has 0 radical (unpaired) electrons. The van der Waals surface area contributed by atoms with Gasteiger partial charge in [-0.3, -0.25) is 4.79 Å². The Morgan fingerprint density at radius 3 is 2.41 bits per heavy atom. The third-order valence-electron chi connectivity index (χ3n) is 2.87. The van der Waals surface area contributed by atoms with Crippen LogP contribution in [0.4, 0.5) is 0 Å². The molecule has 1 aromatic heterocycles. The molecule has 1 aromatic rings. The molecule has 17 heavy (non-hydrogen) atoms. The highest BCUT2D eigenvalue weighted by atomic mass is 16.1. The van der Waals surface area contributed by atoms with Crippen molar-refractivity contribution in [1.82, 2.24) is 9.47 Å². The van der Waals surface area contributed by atoms with Gasteiger partial charge < -0.3 is 9.47 Å². The Morgan fingerprint density at radius 2 is 1.94 bits per heavy atom. The minimum absolute atomic E-state index is 0.0435. The number of hydrogen-bond acceptors (Lipinski definition) is 2. The first-order valence-electron chi connectivity index (χ1n) is 6.16. The van der Waals surface area contributed by atoms with Crippen LogP contribution in [0.25, 0.3) is 0 Å². The third-order valence-corrected chi connectivity index (χ3v) is 2.87. The summed E-state index contributed by atoms with van der Waals surface area (Å²) in [5.41, 5.74) is 1.25. The van der Waals surface area contributed by atoms with E-state index >= 15 is 0 Å². The number of rotatable bonds is 4. The molecule has 0 atom stereocenters. The van der Waals surface area contributed by atoms with Gasteiger partial charge in [0.2, 0.25) is 0 Å². The van der Waals surface area contributed by atoms with Gasteiger partial charge in [-0.25, -0.2) is 0 Å². The lowest BCUT2D eigenvalue weighted by Crippen LogP contribution is -2.24. The van der Waals surface area contributed by atoms with Crippen molar-refractivity contribution >= 4 is 0 Å². The minimum Gasteiger partial charge on any atom is -0.315 e. The molecular weight excluding hydrogens is 212 g/mol. The first-order chi connectivity index (χ1) is 7.80. The lowest BCUT2D eigenvalue weighted by Gasteiger charge is -2.19. The van der Waals surface area contributed by atoms with Crippen molar-refractivity contribution < 1.29 is 0 Å². The normalized spacial score (nSPS) is 12.1. The van der Waals surface area contributed by atoms with Crippen LogP contribution in [0.5, 0.6) is 0 Å². The number of aryl methyl sites for hydroxylation is 1. The van der Waals surface area contributed by atoms with Crippen molar-refractivity contribution in [3.63, 3.8) is 0 Å². The second-order valence-electron chi connectivity index (χ2n) is 5.85. The summed E-state index contributed by atoms with van der Waals surface area (Å²) >= 11 is 0. The highest BCUT2D eigenvalue weighted by Gasteiger charge is 2.14. The number of aromatic nitrogens is 1. The molecule has 0 aromatic carbocycles. The minimum atomic E-state index is 0.0435. The van der Waals surface area contributed by atoms with Crippen LogP contribution >= 0.6 is 0 Å². The molecule has 96 valence electrons. The van der Waals surface area contributed by atoms with E-state index in [-0.39, 0.29) is 11.0 Å². The van der Waals surface area contributed by atoms with E-state index in [4.69, 9.17) is 0 Å². The van der Waals surface area contributed by atoms with E-state index in [1.54, 1.807) is 10.6 Å². The molecule has 0 N–H and O–H groups in total. The standard InChI is InChI=1S/C14H24N2O/c1-14(2,3)12-7-10-16(13(17)11-12)9-6-8-15(4)5/h7,10-11H,6,8-9H2,1-5H3. The van der Waals surface area contributed by atoms with Gasteiger partial charge in [-0.05, 0) is 44.1 Å². The summed E-state index contributed by atoms with van der Waals surface area (Å²) in [7, 11) is 4.09. The maximum atomic E-state index is 11.9. The molecule has 3 nitrogen and oxygen atoms in total. The van der Waals surface area contributed by atoms with Crippen molar-refractivity contribution in [2.45, 2.75) is 39.2 Å². The number of nitrogens with zero attached hydrogens (tertiary/aromatic N) is 2. The van der Waals surface area contributed by atoms with Gasteiger partial charge in [0.25, 0.3) is 5.56 Å². The molecule has 1 rings (SSSR count). The van der Waals surface area contributed by atoms with E-state index in [1.165, 1.54) is 0 Å². The van der Waals surface area contributed by atoms with Crippen LogP contribution in [0.3, 0.4) is 0 Å². The lowest BCUT2D eigenvalue weighted by molar-refractivity contribution is 0.384. The van der Waals surface area contributed by atoms with E-state index in [0.29, 0.717) is 0 Å². The van der Waals surface area contributed by atoms with Gasteiger partial charge in [-0.2, -0.15) is 0 Å². The molecule has 0 saturated carbocycles. The first kappa shape index (κ1) is 14.0. The van der Waals surface area contributed by atoms with Crippen LogP contribution in [-0.2, 0) is 12.0 Å². The van der Waals surface area contributed by atoms with Crippen LogP contribution in [0, 0.1) is 0 Å². The Morgan fingerprint density at radius 1 is 1.29 bits per heavy atom. The van der Waals surface area contributed by atoms with Crippen LogP contribution in [0.2, 0.25) is 0 Å². The molecule has 0 aliphatic carbocycles. The summed E-state index contributed by atoms with van der Waals surface area (Å²) in [6.45, 7) is 8.17. The molecule has 0 amide bonds. The number of hydrogen-bond donors (Lipinski definition) is 0. The van der Waals surface area contributed by atoms with E-state index in [9.17, 15) is 4.79 Å². The molecule has 0 aliphatic heterocycles. The zero-order valence-corrected chi connectivity index (χ0v) is 11.7. The van der Waals surface area contributed by atoms with E-state index in [1.807, 2.05) is 20.3 Å². The molecule has 0 spiro atoms. The summed E-state index contributed by atoms with van der Waals surface area (Å²) in [6.07, 6.45) is 2.92. The second-order valence-corrected chi connectivity index (χ2v) is 5.85. The van der Waals surface area contributed by atoms with Crippen molar-refractivity contribution in [3.8, 4) is 0 Å². The Kier molecular flexibility index (Phi) is 4.52. The molecule has 0 aliphatic rings. The Balaban J connectivity index is 2.74. The van der Waals surface area contributed by atoms with Crippen LogP contribution < -0.4 is 5.56 Å². The van der Waals surface area contributed by atoms with Crippen molar-refractivity contribution in [2.75, 3.05) is 20.6 Å². The summed E-state index contributed by atoms with van der Waals surface area (Å²) in [4.78, 5) is 14.0. The second kappa shape index (κ2) is 5.50. The molecule has 3 heteroatoms. The lowest BCUT2D eigenvalue weighted by atomic mass is 9.88. The largest absolute Gasteiger partial charge is 0.315 e. The van der Waals surface area contributed by atoms with Gasteiger partial charge in [-0.1, -0.05) is 20.8 Å². The zero-order chi connectivity index (χ0) is 13.1. The highest BCUT2D eigenvalue weighted by Crippen LogP contribution is 2.19. The van der Waals surface area contributed by atoms with Crippen LogP contribution in [0.15, 0.2) is 23.1 Å². The van der Waals surface area contributed by atoms with Crippen molar-refractivity contribution in [2.24, 2.45) is 0 Å². The monoisotopic (exact) mass is 236 g/mol. The molecule has 0 saturated heterocycles. The summed E-state index contributed by atoms with van der Waals surface area (Å²) < 4.78 is 1.79. The van der Waals surface area contributed by atoms with Gasteiger partial charge in [0.05, 0.1) is 0 Å².